The summed E-state index contributed by atoms with van der Waals surface area (Å²) in [5.41, 5.74) is 14.7. The summed E-state index contributed by atoms with van der Waals surface area (Å²) in [7, 11) is 1.50. The third kappa shape index (κ3) is 4.90. The molecule has 0 amide bonds. The van der Waals surface area contributed by atoms with E-state index in [4.69, 9.17) is 5.73 Å². The zero-order valence-corrected chi connectivity index (χ0v) is 13.9. The van der Waals surface area contributed by atoms with Gasteiger partial charge in [0.15, 0.2) is 0 Å². The molecule has 4 heteroatoms. The van der Waals surface area contributed by atoms with E-state index in [9.17, 15) is 0 Å². The monoisotopic (exact) mass is 308 g/mol. The number of rotatable bonds is 2. The topological polar surface area (TPSA) is 77.8 Å². The largest absolute Gasteiger partial charge is 0.398 e. The Kier molecular flexibility index (Phi) is 8.03. The second-order valence-electron chi connectivity index (χ2n) is 4.21. The van der Waals surface area contributed by atoms with Crippen LogP contribution in [-0.4, -0.2) is 17.0 Å². The van der Waals surface area contributed by atoms with Crippen molar-refractivity contribution in [2.75, 3.05) is 12.8 Å². The van der Waals surface area contributed by atoms with Gasteiger partial charge in [0.25, 0.3) is 0 Å². The molecule has 3 rings (SSSR count). The molecule has 0 aliphatic rings. The SMILES string of the molecule is CC.CN.Nc1ccccc1-c1cccc(-c2ccccn2)n1. The minimum atomic E-state index is 0.730. The Balaban J connectivity index is 0.000000615. The Labute approximate surface area is 138 Å². The number of hydrogen-bond acceptors (Lipinski definition) is 4. The maximum atomic E-state index is 5.99. The molecule has 2 aromatic heterocycles. The lowest BCUT2D eigenvalue weighted by molar-refractivity contribution is 1.25. The highest BCUT2D eigenvalue weighted by molar-refractivity contribution is 5.74. The van der Waals surface area contributed by atoms with Crippen molar-refractivity contribution in [3.63, 3.8) is 0 Å². The van der Waals surface area contributed by atoms with Crippen molar-refractivity contribution in [1.82, 2.24) is 9.97 Å². The first-order valence-electron chi connectivity index (χ1n) is 7.66. The number of para-hydroxylation sites is 1. The Morgan fingerprint density at radius 2 is 1.30 bits per heavy atom. The Morgan fingerprint density at radius 1 is 0.696 bits per heavy atom. The van der Waals surface area contributed by atoms with Crippen LogP contribution in [0.4, 0.5) is 5.69 Å². The van der Waals surface area contributed by atoms with Crippen LogP contribution in [-0.2, 0) is 0 Å². The lowest BCUT2D eigenvalue weighted by Gasteiger charge is -2.06. The van der Waals surface area contributed by atoms with Crippen LogP contribution in [0.15, 0.2) is 66.9 Å². The summed E-state index contributed by atoms with van der Waals surface area (Å²) < 4.78 is 0. The number of nitrogens with two attached hydrogens (primary N) is 2. The molecule has 0 fully saturated rings. The van der Waals surface area contributed by atoms with Crippen molar-refractivity contribution >= 4 is 5.69 Å². The fourth-order valence-electron chi connectivity index (χ4n) is 1.97. The molecule has 0 atom stereocenters. The van der Waals surface area contributed by atoms with E-state index in [0.717, 1.165) is 28.3 Å². The first-order valence-corrected chi connectivity index (χ1v) is 7.66. The summed E-state index contributed by atoms with van der Waals surface area (Å²) in [6.45, 7) is 4.00. The van der Waals surface area contributed by atoms with Gasteiger partial charge in [-0.3, -0.25) is 4.98 Å². The van der Waals surface area contributed by atoms with Gasteiger partial charge in [-0.2, -0.15) is 0 Å². The van der Waals surface area contributed by atoms with Crippen LogP contribution >= 0.6 is 0 Å². The van der Waals surface area contributed by atoms with E-state index < -0.39 is 0 Å². The van der Waals surface area contributed by atoms with Crippen molar-refractivity contribution in [3.8, 4) is 22.6 Å². The average Bonchev–Trinajstić information content (AvgIpc) is 2.66. The summed E-state index contributed by atoms with van der Waals surface area (Å²) in [5, 5.41) is 0. The Hall–Kier alpha value is -2.72. The molecule has 1 aromatic carbocycles. The van der Waals surface area contributed by atoms with E-state index in [1.54, 1.807) is 6.20 Å². The maximum Gasteiger partial charge on any atom is 0.0893 e. The third-order valence-electron chi connectivity index (χ3n) is 2.91. The van der Waals surface area contributed by atoms with Gasteiger partial charge in [-0.25, -0.2) is 4.98 Å². The predicted octanol–water partition coefficient (Wildman–Crippen LogP) is 3.99. The summed E-state index contributed by atoms with van der Waals surface area (Å²) in [5.74, 6) is 0. The molecular weight excluding hydrogens is 284 g/mol. The highest BCUT2D eigenvalue weighted by Crippen LogP contribution is 2.25. The molecule has 0 aliphatic carbocycles. The molecule has 0 radical (unpaired) electrons. The van der Waals surface area contributed by atoms with Crippen LogP contribution in [0.2, 0.25) is 0 Å². The first kappa shape index (κ1) is 18.3. The zero-order chi connectivity index (χ0) is 17.1. The summed E-state index contributed by atoms with van der Waals surface area (Å²) >= 11 is 0. The number of benzene rings is 1. The lowest BCUT2D eigenvalue weighted by Crippen LogP contribution is -1.93. The van der Waals surface area contributed by atoms with E-state index in [1.807, 2.05) is 74.5 Å². The first-order chi connectivity index (χ1) is 11.3. The van der Waals surface area contributed by atoms with Gasteiger partial charge in [0, 0.05) is 17.4 Å². The Bertz CT molecular complexity index is 696. The molecule has 23 heavy (non-hydrogen) atoms. The molecule has 0 bridgehead atoms. The molecule has 0 aliphatic heterocycles. The second kappa shape index (κ2) is 10.1. The van der Waals surface area contributed by atoms with Gasteiger partial charge in [0.05, 0.1) is 17.1 Å². The van der Waals surface area contributed by atoms with E-state index >= 15 is 0 Å². The average molecular weight is 308 g/mol. The van der Waals surface area contributed by atoms with Crippen LogP contribution in [0, 0.1) is 0 Å². The van der Waals surface area contributed by atoms with Crippen LogP contribution in [0.1, 0.15) is 13.8 Å². The molecule has 120 valence electrons. The van der Waals surface area contributed by atoms with Crippen molar-refractivity contribution in [1.29, 1.82) is 0 Å². The van der Waals surface area contributed by atoms with Crippen LogP contribution < -0.4 is 11.5 Å². The van der Waals surface area contributed by atoms with E-state index in [-0.39, 0.29) is 0 Å². The number of nitrogens with zero attached hydrogens (tertiary/aromatic N) is 2. The van der Waals surface area contributed by atoms with E-state index in [2.05, 4.69) is 15.7 Å². The number of aromatic nitrogens is 2. The summed E-state index contributed by atoms with van der Waals surface area (Å²) in [6.07, 6.45) is 1.76. The Morgan fingerprint density at radius 3 is 1.96 bits per heavy atom. The molecule has 0 saturated heterocycles. The summed E-state index contributed by atoms with van der Waals surface area (Å²) in [4.78, 5) is 8.94. The van der Waals surface area contributed by atoms with Crippen molar-refractivity contribution in [3.05, 3.63) is 66.9 Å². The molecule has 3 aromatic rings. The highest BCUT2D eigenvalue weighted by atomic mass is 14.8. The second-order valence-corrected chi connectivity index (χ2v) is 4.21. The van der Waals surface area contributed by atoms with Gasteiger partial charge >= 0.3 is 0 Å². The van der Waals surface area contributed by atoms with Crippen molar-refractivity contribution in [2.45, 2.75) is 13.8 Å². The molecule has 4 N–H and O–H groups in total. The highest BCUT2D eigenvalue weighted by Gasteiger charge is 2.05. The number of anilines is 1. The minimum Gasteiger partial charge on any atom is -0.398 e. The molecule has 0 unspecified atom stereocenters. The molecule has 4 nitrogen and oxygen atoms in total. The van der Waals surface area contributed by atoms with Gasteiger partial charge in [-0.1, -0.05) is 44.2 Å². The van der Waals surface area contributed by atoms with Gasteiger partial charge in [0.1, 0.15) is 0 Å². The molecule has 0 spiro atoms. The van der Waals surface area contributed by atoms with E-state index in [0.29, 0.717) is 0 Å². The standard InChI is InChI=1S/C16H13N3.C2H6.CH5N/c17-13-7-2-1-6-12(13)14-9-5-10-16(19-14)15-8-3-4-11-18-15;2*1-2/h1-11H,17H2;1-2H3;2H2,1H3. The van der Waals surface area contributed by atoms with Gasteiger partial charge in [-0.05, 0) is 37.4 Å². The minimum absolute atomic E-state index is 0.730. The van der Waals surface area contributed by atoms with E-state index in [1.165, 1.54) is 7.05 Å². The lowest BCUT2D eigenvalue weighted by atomic mass is 10.1. The molecule has 0 saturated carbocycles. The molecule has 2 heterocycles. The van der Waals surface area contributed by atoms with Crippen molar-refractivity contribution in [2.24, 2.45) is 5.73 Å². The maximum absolute atomic E-state index is 5.99. The summed E-state index contributed by atoms with van der Waals surface area (Å²) in [6, 6.07) is 19.4. The smallest absolute Gasteiger partial charge is 0.0893 e. The number of nitrogen functional groups attached to an aromatic ring is 1. The van der Waals surface area contributed by atoms with Gasteiger partial charge in [-0.15, -0.1) is 0 Å². The number of hydrogen-bond donors (Lipinski definition) is 2. The van der Waals surface area contributed by atoms with Crippen LogP contribution in [0.25, 0.3) is 22.6 Å². The van der Waals surface area contributed by atoms with Crippen molar-refractivity contribution < 1.29 is 0 Å². The fraction of sp³-hybridized carbons (Fsp3) is 0.158. The van der Waals surface area contributed by atoms with Gasteiger partial charge in [0.2, 0.25) is 0 Å². The zero-order valence-electron chi connectivity index (χ0n) is 13.9. The quantitative estimate of drug-likeness (QED) is 0.702. The third-order valence-corrected chi connectivity index (χ3v) is 2.91. The molecular formula is C19H24N4. The van der Waals surface area contributed by atoms with Crippen LogP contribution in [0.5, 0.6) is 0 Å². The van der Waals surface area contributed by atoms with Gasteiger partial charge < -0.3 is 11.5 Å². The predicted molar refractivity (Wildman–Crippen MR) is 98.8 cm³/mol. The normalized spacial score (nSPS) is 9.04. The number of pyridine rings is 2. The fourth-order valence-corrected chi connectivity index (χ4v) is 1.97. The van der Waals surface area contributed by atoms with Crippen LogP contribution in [0.3, 0.4) is 0 Å².